The third-order valence-corrected chi connectivity index (χ3v) is 11.7. The Morgan fingerprint density at radius 3 is 1.15 bits per heavy atom. The number of aliphatic hydroxyl groups is 4. The van der Waals surface area contributed by atoms with Crippen molar-refractivity contribution in [3.05, 3.63) is 36.5 Å². The largest absolute Gasteiger partial charge is 0.506 e. The summed E-state index contributed by atoms with van der Waals surface area (Å²) in [6, 6.07) is 0. The number of carbonyl (C=O) groups excluding carboxylic acids is 2. The molecular weight excluding hydrogens is 1120 g/mol. The van der Waals surface area contributed by atoms with E-state index in [0.717, 1.165) is 0 Å². The van der Waals surface area contributed by atoms with Gasteiger partial charge in [-0.1, -0.05) is 0 Å². The predicted octanol–water partition coefficient (Wildman–Crippen LogP) is 1.26. The van der Waals surface area contributed by atoms with Crippen molar-refractivity contribution < 1.29 is 50.4 Å². The number of nitrogens with one attached hydrogen (secondary N) is 2. The average molecular weight is 1160 g/mol. The van der Waals surface area contributed by atoms with Crippen LogP contribution in [0.4, 0.5) is 0 Å². The van der Waals surface area contributed by atoms with Crippen LogP contribution >= 0.6 is 116 Å². The van der Waals surface area contributed by atoms with Crippen LogP contribution in [0.5, 0.6) is 23.0 Å². The number of hydrogen-bond acceptors (Lipinski definition) is 14. The van der Waals surface area contributed by atoms with Crippen molar-refractivity contribution in [1.82, 2.24) is 20.4 Å². The summed E-state index contributed by atoms with van der Waals surface area (Å²) in [5.74, 6) is -1.45. The van der Waals surface area contributed by atoms with Crippen molar-refractivity contribution in [1.29, 1.82) is 0 Å². The molecular formula is C28H38I4N4O10S2. The van der Waals surface area contributed by atoms with E-state index in [-0.39, 0.29) is 85.7 Å². The Balaban J connectivity index is 2.31. The van der Waals surface area contributed by atoms with Gasteiger partial charge in [0.15, 0.2) is 0 Å². The molecule has 2 atom stereocenters. The number of aromatic hydroxyl groups is 4. The Kier molecular flexibility index (Phi) is 19.7. The van der Waals surface area contributed by atoms with Crippen molar-refractivity contribution in [3.8, 4) is 23.0 Å². The second kappa shape index (κ2) is 21.5. The molecule has 0 saturated carbocycles. The zero-order chi connectivity index (χ0) is 36.3. The van der Waals surface area contributed by atoms with Crippen LogP contribution in [0.1, 0.15) is 31.8 Å². The summed E-state index contributed by atoms with van der Waals surface area (Å²) in [6.07, 6.45) is -2.32. The fourth-order valence-electron chi connectivity index (χ4n) is 4.40. The van der Waals surface area contributed by atoms with E-state index in [2.05, 4.69) is 35.9 Å². The van der Waals surface area contributed by atoms with Crippen molar-refractivity contribution in [2.45, 2.75) is 25.3 Å². The molecule has 0 spiro atoms. The third kappa shape index (κ3) is 11.7. The van der Waals surface area contributed by atoms with Crippen molar-refractivity contribution in [2.75, 3.05) is 64.0 Å². The normalized spacial score (nSPS) is 12.8. The molecule has 0 aromatic heterocycles. The van der Waals surface area contributed by atoms with Crippen molar-refractivity contribution >= 4 is 127 Å². The summed E-state index contributed by atoms with van der Waals surface area (Å²) in [4.78, 5) is 29.5. The molecule has 270 valence electrons. The van der Waals surface area contributed by atoms with Gasteiger partial charge in [-0.15, -0.1) is 0 Å². The molecule has 0 aliphatic rings. The fourth-order valence-corrected chi connectivity index (χ4v) is 9.36. The average Bonchev–Trinajstić information content (AvgIpc) is 3.06. The second-order valence-electron chi connectivity index (χ2n) is 10.4. The van der Waals surface area contributed by atoms with Gasteiger partial charge in [-0.25, -0.2) is 0 Å². The molecule has 2 unspecified atom stereocenters. The van der Waals surface area contributed by atoms with E-state index in [9.17, 15) is 40.2 Å². The molecule has 0 bridgehead atoms. The van der Waals surface area contributed by atoms with Gasteiger partial charge in [0, 0.05) is 63.9 Å². The number of benzene rings is 2. The maximum atomic E-state index is 12.8. The summed E-state index contributed by atoms with van der Waals surface area (Å²) in [5, 5.41) is 86.4. The molecule has 2 aromatic rings. The molecule has 10 N–H and O–H groups in total. The zero-order valence-electron chi connectivity index (χ0n) is 25.3. The number of phenols is 4. The molecule has 0 radical (unpaired) electrons. The van der Waals surface area contributed by atoms with Gasteiger partial charge in [0.2, 0.25) is 0 Å². The van der Waals surface area contributed by atoms with E-state index in [1.807, 2.05) is 100 Å². The Morgan fingerprint density at radius 2 is 0.896 bits per heavy atom. The van der Waals surface area contributed by atoms with Crippen LogP contribution < -0.4 is 10.6 Å². The van der Waals surface area contributed by atoms with Gasteiger partial charge in [-0.3, -0.25) is 19.4 Å². The predicted molar refractivity (Wildman–Crippen MR) is 220 cm³/mol. The summed E-state index contributed by atoms with van der Waals surface area (Å²) in [7, 11) is 0. The molecule has 0 aliphatic carbocycles. The summed E-state index contributed by atoms with van der Waals surface area (Å²) < 4.78 is 0.834. The lowest BCUT2D eigenvalue weighted by atomic mass is 10.1. The highest BCUT2D eigenvalue weighted by molar-refractivity contribution is 14.1. The molecule has 0 heterocycles. The number of carbonyl (C=O) groups is 2. The van der Waals surface area contributed by atoms with Crippen molar-refractivity contribution in [3.63, 3.8) is 0 Å². The van der Waals surface area contributed by atoms with Gasteiger partial charge >= 0.3 is 0 Å². The summed E-state index contributed by atoms with van der Waals surface area (Å²) >= 11 is 16.0. The first-order chi connectivity index (χ1) is 22.6. The van der Waals surface area contributed by atoms with Gasteiger partial charge in [-0.05, 0) is 90.4 Å². The molecule has 0 fully saturated rings. The number of amides is 2. The quantitative estimate of drug-likeness (QED) is 0.0706. The van der Waals surface area contributed by atoms with Crippen LogP contribution in [-0.2, 0) is 13.1 Å². The number of aliphatic hydroxyl groups excluding tert-OH is 4. The first-order valence-electron chi connectivity index (χ1n) is 14.3. The lowest BCUT2D eigenvalue weighted by Gasteiger charge is -2.29. The van der Waals surface area contributed by atoms with Crippen LogP contribution in [0.25, 0.3) is 0 Å². The smallest absolute Gasteiger partial charge is 0.253 e. The molecule has 2 amide bonds. The first-order valence-corrected chi connectivity index (χ1v) is 19.9. The topological polar surface area (TPSA) is 227 Å². The molecule has 0 saturated heterocycles. The van der Waals surface area contributed by atoms with Gasteiger partial charge < -0.3 is 51.5 Å². The molecule has 0 aliphatic heterocycles. The SMILES string of the molecule is O=C(NCC(O)CO)c1c(I)c(O)c(CN(CCS)CCN(CCS)Cc2c(O)c(I)c(C(=O)NCC(O)CO)c(I)c2O)c(O)c1I. The standard InChI is InChI=1S/C28H38I4N4O10S2/c29-19-17(27(45)33-7-13(39)11-37)20(30)24(42)15(23(19)41)9-35(3-5-47)1-2-36(4-6-48)10-16-25(43)21(31)18(22(32)26(16)44)28(46)34-8-14(40)12-38/h13-14,37-44,47-48H,1-12H2,(H,33,45)(H,34,46). The van der Waals surface area contributed by atoms with E-state index in [1.54, 1.807) is 0 Å². The molecule has 2 aromatic carbocycles. The van der Waals surface area contributed by atoms with E-state index in [0.29, 0.717) is 37.7 Å². The Morgan fingerprint density at radius 1 is 0.604 bits per heavy atom. The van der Waals surface area contributed by atoms with Crippen molar-refractivity contribution in [2.24, 2.45) is 0 Å². The number of nitrogens with zero attached hydrogens (tertiary/aromatic N) is 2. The van der Waals surface area contributed by atoms with Gasteiger partial charge in [-0.2, -0.15) is 25.3 Å². The van der Waals surface area contributed by atoms with Crippen LogP contribution in [0.3, 0.4) is 0 Å². The Bertz CT molecular complexity index is 1280. The highest BCUT2D eigenvalue weighted by atomic mass is 127. The number of thiol groups is 2. The van der Waals surface area contributed by atoms with E-state index in [4.69, 9.17) is 10.2 Å². The summed E-state index contributed by atoms with van der Waals surface area (Å²) in [5.41, 5.74) is 0.489. The van der Waals surface area contributed by atoms with Gasteiger partial charge in [0.1, 0.15) is 23.0 Å². The Hall–Kier alpha value is -0.0400. The Labute approximate surface area is 343 Å². The van der Waals surface area contributed by atoms with Crippen LogP contribution in [0, 0.1) is 14.3 Å². The van der Waals surface area contributed by atoms with Crippen LogP contribution in [-0.4, -0.2) is 139 Å². The molecule has 14 nitrogen and oxygen atoms in total. The summed E-state index contributed by atoms with van der Waals surface area (Å²) in [6.45, 7) is 0.438. The van der Waals surface area contributed by atoms with E-state index in [1.165, 1.54) is 0 Å². The van der Waals surface area contributed by atoms with Crippen LogP contribution in [0.15, 0.2) is 0 Å². The second-order valence-corrected chi connectivity index (χ2v) is 15.7. The lowest BCUT2D eigenvalue weighted by Crippen LogP contribution is -2.37. The zero-order valence-corrected chi connectivity index (χ0v) is 35.8. The fraction of sp³-hybridized carbons (Fsp3) is 0.500. The highest BCUT2D eigenvalue weighted by Crippen LogP contribution is 2.41. The number of rotatable bonds is 19. The van der Waals surface area contributed by atoms with Gasteiger partial charge in [0.05, 0.1) is 62.0 Å². The minimum absolute atomic E-state index is 0.0379. The van der Waals surface area contributed by atoms with E-state index < -0.39 is 37.2 Å². The monoisotopic (exact) mass is 1160 g/mol. The minimum atomic E-state index is -1.16. The maximum Gasteiger partial charge on any atom is 0.253 e. The third-order valence-electron chi connectivity index (χ3n) is 7.05. The lowest BCUT2D eigenvalue weighted by molar-refractivity contribution is 0.0797. The molecule has 48 heavy (non-hydrogen) atoms. The number of halogens is 4. The van der Waals surface area contributed by atoms with Crippen LogP contribution in [0.2, 0.25) is 0 Å². The first kappa shape index (κ1) is 44.1. The number of phenolic OH excluding ortho intramolecular Hbond substituents is 4. The number of hydrogen-bond donors (Lipinski definition) is 12. The highest BCUT2D eigenvalue weighted by Gasteiger charge is 2.28. The molecule has 2 rings (SSSR count). The minimum Gasteiger partial charge on any atom is -0.506 e. The van der Waals surface area contributed by atoms with E-state index >= 15 is 0 Å². The molecule has 20 heteroatoms. The van der Waals surface area contributed by atoms with Gasteiger partial charge in [0.25, 0.3) is 11.8 Å². The maximum absolute atomic E-state index is 12.8.